The maximum atomic E-state index is 11.7. The molecule has 3 rings (SSSR count). The summed E-state index contributed by atoms with van der Waals surface area (Å²) in [6.07, 6.45) is -0.143. The molecule has 0 aliphatic carbocycles. The maximum Gasteiger partial charge on any atom is 0.302 e. The summed E-state index contributed by atoms with van der Waals surface area (Å²) in [5, 5.41) is 32.6. The monoisotopic (exact) mass is 352 g/mol. The Morgan fingerprint density at radius 2 is 2.04 bits per heavy atom. The number of fused-ring (bicyclic) bond motifs is 1. The largest absolute Gasteiger partial charge is 0.392 e. The molecule has 10 heteroatoms. The third-order valence-corrected chi connectivity index (χ3v) is 5.06. The van der Waals surface area contributed by atoms with Crippen molar-refractivity contribution in [2.75, 3.05) is 38.2 Å². The third kappa shape index (κ3) is 2.92. The van der Waals surface area contributed by atoms with Gasteiger partial charge in [0.25, 0.3) is 5.69 Å². The van der Waals surface area contributed by atoms with Gasteiger partial charge in [-0.1, -0.05) is 0 Å². The molecule has 0 radical (unpaired) electrons. The quantitative estimate of drug-likeness (QED) is 0.624. The lowest BCUT2D eigenvalue weighted by atomic mass is 10.0. The maximum absolute atomic E-state index is 11.7. The Morgan fingerprint density at radius 1 is 1.32 bits per heavy atom. The van der Waals surface area contributed by atoms with E-state index in [-0.39, 0.29) is 40.3 Å². The number of likely N-dealkylation sites (N-methyl/N-ethyl adjacent to an activating group) is 1. The van der Waals surface area contributed by atoms with E-state index in [1.165, 1.54) is 13.0 Å². The van der Waals surface area contributed by atoms with Crippen LogP contribution in [0.2, 0.25) is 0 Å². The summed E-state index contributed by atoms with van der Waals surface area (Å²) in [6, 6.07) is 1.26. The SMILES string of the molecule is Cc1c(CO)cc([N+](=O)[O-])c(N2CC3OCCN(C)C3C2)c1[N+](=O)[O-]. The fourth-order valence-corrected chi connectivity index (χ4v) is 3.67. The van der Waals surface area contributed by atoms with Gasteiger partial charge in [-0.15, -0.1) is 0 Å². The Balaban J connectivity index is 2.13. The minimum atomic E-state index is -0.631. The summed E-state index contributed by atoms with van der Waals surface area (Å²) in [5.74, 6) is 0. The van der Waals surface area contributed by atoms with Gasteiger partial charge in [-0.25, -0.2) is 0 Å². The molecule has 1 N–H and O–H groups in total. The molecule has 0 bridgehead atoms. The Hall–Kier alpha value is -2.30. The number of aliphatic hydroxyl groups excluding tert-OH is 1. The number of hydrogen-bond acceptors (Lipinski definition) is 8. The molecular weight excluding hydrogens is 332 g/mol. The van der Waals surface area contributed by atoms with Gasteiger partial charge in [0.15, 0.2) is 5.69 Å². The molecule has 10 nitrogen and oxygen atoms in total. The number of hydrogen-bond donors (Lipinski definition) is 1. The van der Waals surface area contributed by atoms with Gasteiger partial charge in [0.05, 0.1) is 35.2 Å². The van der Waals surface area contributed by atoms with E-state index < -0.39 is 16.5 Å². The highest BCUT2D eigenvalue weighted by molar-refractivity contribution is 5.79. The highest BCUT2D eigenvalue weighted by Crippen LogP contribution is 2.43. The van der Waals surface area contributed by atoms with Crippen LogP contribution in [0.25, 0.3) is 0 Å². The van der Waals surface area contributed by atoms with Gasteiger partial charge in [-0.2, -0.15) is 0 Å². The molecule has 136 valence electrons. The number of nitrogens with zero attached hydrogens (tertiary/aromatic N) is 4. The molecule has 2 saturated heterocycles. The fourth-order valence-electron chi connectivity index (χ4n) is 3.67. The summed E-state index contributed by atoms with van der Waals surface area (Å²) in [7, 11) is 1.95. The van der Waals surface area contributed by atoms with Gasteiger partial charge in [-0.05, 0) is 19.5 Å². The van der Waals surface area contributed by atoms with Crippen molar-refractivity contribution in [3.63, 3.8) is 0 Å². The van der Waals surface area contributed by atoms with Crippen LogP contribution in [0.3, 0.4) is 0 Å². The van der Waals surface area contributed by atoms with E-state index in [0.717, 1.165) is 6.54 Å². The number of ether oxygens (including phenoxy) is 1. The minimum absolute atomic E-state index is 0.00361. The second kappa shape index (κ2) is 6.54. The highest BCUT2D eigenvalue weighted by Gasteiger charge is 2.43. The molecule has 2 aliphatic rings. The molecule has 2 unspecified atom stereocenters. The molecule has 1 aromatic carbocycles. The van der Waals surface area contributed by atoms with Crippen molar-refractivity contribution in [1.82, 2.24) is 4.90 Å². The van der Waals surface area contributed by atoms with Crippen molar-refractivity contribution in [2.24, 2.45) is 0 Å². The van der Waals surface area contributed by atoms with Gasteiger partial charge in [0.2, 0.25) is 0 Å². The zero-order chi connectivity index (χ0) is 18.3. The Kier molecular flexibility index (Phi) is 4.58. The van der Waals surface area contributed by atoms with Crippen LogP contribution in [-0.4, -0.2) is 65.3 Å². The van der Waals surface area contributed by atoms with Crippen LogP contribution >= 0.6 is 0 Å². The second-order valence-corrected chi connectivity index (χ2v) is 6.41. The van der Waals surface area contributed by atoms with Crippen LogP contribution < -0.4 is 4.90 Å². The van der Waals surface area contributed by atoms with E-state index in [1.807, 2.05) is 7.05 Å². The minimum Gasteiger partial charge on any atom is -0.392 e. The number of rotatable bonds is 4. The number of morpholine rings is 1. The molecule has 0 spiro atoms. The first-order valence-corrected chi connectivity index (χ1v) is 7.98. The molecule has 2 aliphatic heterocycles. The lowest BCUT2D eigenvalue weighted by molar-refractivity contribution is -0.393. The van der Waals surface area contributed by atoms with Crippen LogP contribution in [0.5, 0.6) is 0 Å². The Bertz CT molecular complexity index is 724. The second-order valence-electron chi connectivity index (χ2n) is 6.41. The topological polar surface area (TPSA) is 122 Å². The van der Waals surface area contributed by atoms with E-state index in [0.29, 0.717) is 19.7 Å². The zero-order valence-corrected chi connectivity index (χ0v) is 14.0. The summed E-state index contributed by atoms with van der Waals surface area (Å²) < 4.78 is 5.74. The van der Waals surface area contributed by atoms with Crippen molar-refractivity contribution in [2.45, 2.75) is 25.7 Å². The molecule has 2 fully saturated rings. The smallest absolute Gasteiger partial charge is 0.302 e. The molecule has 1 aromatic rings. The lowest BCUT2D eigenvalue weighted by Gasteiger charge is -2.33. The predicted octanol–water partition coefficient (Wildman–Crippen LogP) is 0.823. The summed E-state index contributed by atoms with van der Waals surface area (Å²) in [6.45, 7) is 3.10. The van der Waals surface area contributed by atoms with E-state index in [4.69, 9.17) is 4.74 Å². The number of anilines is 1. The van der Waals surface area contributed by atoms with Crippen LogP contribution in [0.15, 0.2) is 6.07 Å². The van der Waals surface area contributed by atoms with Gasteiger partial charge in [0, 0.05) is 31.3 Å². The molecule has 0 amide bonds. The zero-order valence-electron chi connectivity index (χ0n) is 14.0. The van der Waals surface area contributed by atoms with E-state index in [9.17, 15) is 25.3 Å². The molecular formula is C15H20N4O6. The van der Waals surface area contributed by atoms with Crippen molar-refractivity contribution in [3.8, 4) is 0 Å². The number of nitro benzene ring substituents is 2. The molecule has 0 saturated carbocycles. The molecule has 25 heavy (non-hydrogen) atoms. The Labute approximate surface area is 143 Å². The van der Waals surface area contributed by atoms with E-state index >= 15 is 0 Å². The normalized spacial score (nSPS) is 23.6. The van der Waals surface area contributed by atoms with Crippen molar-refractivity contribution in [3.05, 3.63) is 37.4 Å². The first-order chi connectivity index (χ1) is 11.8. The number of nitro groups is 2. The first kappa shape index (κ1) is 17.5. The number of aliphatic hydroxyl groups is 1. The van der Waals surface area contributed by atoms with Crippen LogP contribution in [0, 0.1) is 27.2 Å². The summed E-state index contributed by atoms with van der Waals surface area (Å²) >= 11 is 0. The summed E-state index contributed by atoms with van der Waals surface area (Å²) in [5.41, 5.74) is -0.248. The number of benzene rings is 1. The van der Waals surface area contributed by atoms with E-state index in [2.05, 4.69) is 4.90 Å². The molecule has 2 heterocycles. The highest BCUT2D eigenvalue weighted by atomic mass is 16.6. The average molecular weight is 352 g/mol. The molecule has 0 aromatic heterocycles. The Morgan fingerprint density at radius 3 is 2.60 bits per heavy atom. The van der Waals surface area contributed by atoms with Gasteiger partial charge in [0.1, 0.15) is 0 Å². The van der Waals surface area contributed by atoms with Gasteiger partial charge in [-0.3, -0.25) is 25.1 Å². The predicted molar refractivity (Wildman–Crippen MR) is 88.8 cm³/mol. The van der Waals surface area contributed by atoms with Gasteiger partial charge < -0.3 is 14.7 Å². The van der Waals surface area contributed by atoms with Crippen LogP contribution in [0.1, 0.15) is 11.1 Å². The first-order valence-electron chi connectivity index (χ1n) is 7.98. The van der Waals surface area contributed by atoms with Crippen molar-refractivity contribution < 1.29 is 19.7 Å². The fraction of sp³-hybridized carbons (Fsp3) is 0.600. The van der Waals surface area contributed by atoms with Crippen LogP contribution in [0.4, 0.5) is 17.1 Å². The van der Waals surface area contributed by atoms with Crippen molar-refractivity contribution in [1.29, 1.82) is 0 Å². The lowest BCUT2D eigenvalue weighted by Crippen LogP contribution is -2.48. The van der Waals surface area contributed by atoms with Gasteiger partial charge >= 0.3 is 5.69 Å². The summed E-state index contributed by atoms with van der Waals surface area (Å²) in [4.78, 5) is 25.7. The third-order valence-electron chi connectivity index (χ3n) is 5.06. The van der Waals surface area contributed by atoms with Crippen LogP contribution in [-0.2, 0) is 11.3 Å². The molecule has 2 atom stereocenters. The average Bonchev–Trinajstić information content (AvgIpc) is 2.99. The van der Waals surface area contributed by atoms with E-state index in [1.54, 1.807) is 4.90 Å². The van der Waals surface area contributed by atoms with Crippen molar-refractivity contribution >= 4 is 17.1 Å². The standard InChI is InChI=1S/C15H20N4O6/c1-9-10(8-20)5-11(18(21)22)15(14(9)19(23)24)17-6-12-13(7-17)25-4-3-16(12)2/h5,12-13,20H,3-4,6-8H2,1-2H3.